The molecule has 7 nitrogen and oxygen atoms in total. The van der Waals surface area contributed by atoms with Gasteiger partial charge in [-0.2, -0.15) is 0 Å². The van der Waals surface area contributed by atoms with E-state index in [-0.39, 0.29) is 23.9 Å². The van der Waals surface area contributed by atoms with E-state index in [9.17, 15) is 19.5 Å². The number of nitrogens with zero attached hydrogens (tertiary/aromatic N) is 1. The molecule has 4 fully saturated rings. The molecule has 7 heteroatoms. The highest BCUT2D eigenvalue weighted by molar-refractivity contribution is 5.88. The highest BCUT2D eigenvalue weighted by Crippen LogP contribution is 2.57. The molecule has 1 aromatic carbocycles. The molecule has 3 aliphatic carbocycles. The molecule has 1 spiro atoms. The number of aliphatic carboxylic acids is 1. The van der Waals surface area contributed by atoms with Gasteiger partial charge in [-0.15, -0.1) is 0 Å². The van der Waals surface area contributed by atoms with Gasteiger partial charge in [0.1, 0.15) is 12.1 Å². The van der Waals surface area contributed by atoms with Crippen LogP contribution in [0.2, 0.25) is 0 Å². The fourth-order valence-electron chi connectivity index (χ4n) is 6.72. The molecule has 1 amide bonds. The van der Waals surface area contributed by atoms with Crippen molar-refractivity contribution in [2.24, 2.45) is 17.3 Å². The second-order valence-electron chi connectivity index (χ2n) is 10.5. The summed E-state index contributed by atoms with van der Waals surface area (Å²) in [6.45, 7) is 4.28. The Morgan fingerprint density at radius 2 is 1.85 bits per heavy atom. The Morgan fingerprint density at radius 3 is 2.44 bits per heavy atom. The van der Waals surface area contributed by atoms with Gasteiger partial charge in [0.2, 0.25) is 5.91 Å². The van der Waals surface area contributed by atoms with Gasteiger partial charge in [0.15, 0.2) is 0 Å². The predicted molar refractivity (Wildman–Crippen MR) is 128 cm³/mol. The zero-order valence-electron chi connectivity index (χ0n) is 20.4. The normalized spacial score (nSPS) is 29.7. The van der Waals surface area contributed by atoms with Crippen LogP contribution >= 0.6 is 0 Å². The fraction of sp³-hybridized carbons (Fsp3) is 0.667. The van der Waals surface area contributed by atoms with Crippen molar-refractivity contribution in [3.63, 3.8) is 0 Å². The molecule has 5 rings (SSSR count). The van der Waals surface area contributed by atoms with E-state index in [1.165, 1.54) is 12.8 Å². The van der Waals surface area contributed by atoms with Crippen molar-refractivity contribution in [3.05, 3.63) is 35.9 Å². The molecular formula is C27H38N2O5. The smallest absolute Gasteiger partial charge is 0.326 e. The number of hydrogen-bond acceptors (Lipinski definition) is 5. The standard InChI is InChI=1S/C27H38N2O5/c1-3-34-26(33)22(14-11-19-7-5-4-6-8-19)28-18(2)24(30)29-17-27(16-23(29)25(31)32)15-20-9-12-21(27)13-10-20/h4-8,18,20-23,28H,3,9-17H2,1-2H3,(H,31,32). The molecule has 186 valence electrons. The SMILES string of the molecule is CCOC(=O)C(CCc1ccccc1)NC(C)C(=O)N1CC2(CC3CCC2CC3)CC1C(=O)O. The van der Waals surface area contributed by atoms with Crippen molar-refractivity contribution in [2.75, 3.05) is 13.2 Å². The zero-order valence-corrected chi connectivity index (χ0v) is 20.4. The maximum Gasteiger partial charge on any atom is 0.326 e. The van der Waals surface area contributed by atoms with Crippen LogP contribution in [0.5, 0.6) is 0 Å². The molecule has 2 N–H and O–H groups in total. The fourth-order valence-corrected chi connectivity index (χ4v) is 6.72. The molecule has 1 aromatic rings. The van der Waals surface area contributed by atoms with E-state index in [0.717, 1.165) is 24.8 Å². The first-order chi connectivity index (χ1) is 16.3. The van der Waals surface area contributed by atoms with E-state index in [1.807, 2.05) is 30.3 Å². The van der Waals surface area contributed by atoms with E-state index in [4.69, 9.17) is 4.74 Å². The van der Waals surface area contributed by atoms with Crippen LogP contribution in [0.1, 0.15) is 64.4 Å². The number of likely N-dealkylation sites (tertiary alicyclic amines) is 1. The van der Waals surface area contributed by atoms with E-state index >= 15 is 0 Å². The summed E-state index contributed by atoms with van der Waals surface area (Å²) in [4.78, 5) is 39.9. The predicted octanol–water partition coefficient (Wildman–Crippen LogP) is 3.41. The van der Waals surface area contributed by atoms with Gasteiger partial charge in [0, 0.05) is 6.54 Å². The maximum atomic E-state index is 13.5. The van der Waals surface area contributed by atoms with E-state index in [0.29, 0.717) is 37.6 Å². The van der Waals surface area contributed by atoms with E-state index in [2.05, 4.69) is 5.32 Å². The lowest BCUT2D eigenvalue weighted by Crippen LogP contribution is -2.54. The summed E-state index contributed by atoms with van der Waals surface area (Å²) in [5.74, 6) is -0.366. The largest absolute Gasteiger partial charge is 0.480 e. The molecule has 2 bridgehead atoms. The minimum Gasteiger partial charge on any atom is -0.480 e. The quantitative estimate of drug-likeness (QED) is 0.537. The number of benzene rings is 1. The van der Waals surface area contributed by atoms with Gasteiger partial charge in [0.05, 0.1) is 12.6 Å². The van der Waals surface area contributed by atoms with Crippen molar-refractivity contribution in [3.8, 4) is 0 Å². The van der Waals surface area contributed by atoms with Gasteiger partial charge >= 0.3 is 11.9 Å². The summed E-state index contributed by atoms with van der Waals surface area (Å²) in [6, 6.07) is 7.79. The number of nitrogens with one attached hydrogen (secondary N) is 1. The summed E-state index contributed by atoms with van der Waals surface area (Å²) < 4.78 is 5.26. The summed E-state index contributed by atoms with van der Waals surface area (Å²) in [5.41, 5.74) is 1.05. The molecule has 4 atom stereocenters. The first-order valence-corrected chi connectivity index (χ1v) is 12.8. The second-order valence-corrected chi connectivity index (χ2v) is 10.5. The highest BCUT2D eigenvalue weighted by atomic mass is 16.5. The Hall–Kier alpha value is -2.41. The Balaban J connectivity index is 1.45. The number of ether oxygens (including phenoxy) is 1. The zero-order chi connectivity index (χ0) is 24.3. The number of carboxylic acids is 1. The number of esters is 1. The third-order valence-electron chi connectivity index (χ3n) is 8.39. The molecule has 0 radical (unpaired) electrons. The van der Waals surface area contributed by atoms with Gasteiger partial charge in [-0.05, 0) is 75.2 Å². The molecule has 34 heavy (non-hydrogen) atoms. The number of fused-ring (bicyclic) bond motifs is 2. The maximum absolute atomic E-state index is 13.5. The lowest BCUT2D eigenvalue weighted by molar-refractivity contribution is -0.150. The molecule has 4 aliphatic rings. The average molecular weight is 471 g/mol. The van der Waals surface area contributed by atoms with Gasteiger partial charge in [-0.25, -0.2) is 4.79 Å². The van der Waals surface area contributed by atoms with Gasteiger partial charge < -0.3 is 14.7 Å². The molecule has 0 aromatic heterocycles. The van der Waals surface area contributed by atoms with Crippen LogP contribution in [-0.4, -0.2) is 59.1 Å². The lowest BCUT2D eigenvalue weighted by atomic mass is 9.55. The first kappa shape index (κ1) is 24.7. The van der Waals surface area contributed by atoms with Gasteiger partial charge in [0.25, 0.3) is 0 Å². The van der Waals surface area contributed by atoms with Gasteiger partial charge in [-0.3, -0.25) is 14.9 Å². The monoisotopic (exact) mass is 470 g/mol. The van der Waals surface area contributed by atoms with Crippen molar-refractivity contribution < 1.29 is 24.2 Å². The highest BCUT2D eigenvalue weighted by Gasteiger charge is 2.56. The summed E-state index contributed by atoms with van der Waals surface area (Å²) in [5, 5.41) is 13.1. The Bertz CT molecular complexity index is 882. The third kappa shape index (κ3) is 5.14. The number of hydrogen-bond donors (Lipinski definition) is 2. The molecule has 4 unspecified atom stereocenters. The Labute approximate surface area is 202 Å². The minimum absolute atomic E-state index is 0.0620. The summed E-state index contributed by atoms with van der Waals surface area (Å²) >= 11 is 0. The van der Waals surface area contributed by atoms with E-state index < -0.39 is 24.1 Å². The molecule has 1 aliphatic heterocycles. The first-order valence-electron chi connectivity index (χ1n) is 12.8. The number of carboxylic acid groups (broad SMARTS) is 1. The van der Waals surface area contributed by atoms with Crippen LogP contribution in [0.25, 0.3) is 0 Å². The Morgan fingerprint density at radius 1 is 1.15 bits per heavy atom. The van der Waals surface area contributed by atoms with Crippen LogP contribution in [-0.2, 0) is 25.5 Å². The van der Waals surface area contributed by atoms with Crippen molar-refractivity contribution in [1.82, 2.24) is 10.2 Å². The van der Waals surface area contributed by atoms with Gasteiger partial charge in [-0.1, -0.05) is 43.2 Å². The minimum atomic E-state index is -0.926. The van der Waals surface area contributed by atoms with Crippen molar-refractivity contribution >= 4 is 17.8 Å². The molecular weight excluding hydrogens is 432 g/mol. The molecule has 1 heterocycles. The lowest BCUT2D eigenvalue weighted by Gasteiger charge is -2.50. The molecule has 1 saturated heterocycles. The number of carbonyl (C=O) groups excluding carboxylic acids is 2. The third-order valence-corrected chi connectivity index (χ3v) is 8.39. The van der Waals surface area contributed by atoms with Crippen LogP contribution in [0.4, 0.5) is 0 Å². The second kappa shape index (κ2) is 10.5. The average Bonchev–Trinajstić information content (AvgIpc) is 3.21. The summed E-state index contributed by atoms with van der Waals surface area (Å²) in [6.07, 6.45) is 7.53. The number of carbonyl (C=O) groups is 3. The number of aryl methyl sites for hydroxylation is 1. The van der Waals surface area contributed by atoms with E-state index in [1.54, 1.807) is 18.7 Å². The van der Waals surface area contributed by atoms with Crippen molar-refractivity contribution in [1.29, 1.82) is 0 Å². The summed E-state index contributed by atoms with van der Waals surface area (Å²) in [7, 11) is 0. The van der Waals surface area contributed by atoms with Crippen LogP contribution in [0.15, 0.2) is 30.3 Å². The number of rotatable bonds is 9. The van der Waals surface area contributed by atoms with Crippen LogP contribution < -0.4 is 5.32 Å². The Kier molecular flexibility index (Phi) is 7.60. The van der Waals surface area contributed by atoms with Crippen molar-refractivity contribution in [2.45, 2.75) is 83.3 Å². The van der Waals surface area contributed by atoms with Crippen LogP contribution in [0.3, 0.4) is 0 Å². The topological polar surface area (TPSA) is 95.9 Å². The van der Waals surface area contributed by atoms with Crippen LogP contribution in [0, 0.1) is 17.3 Å². The number of amides is 1. The molecule has 3 saturated carbocycles.